The lowest BCUT2D eigenvalue weighted by atomic mass is 10.1. The lowest BCUT2D eigenvalue weighted by Gasteiger charge is -2.27. The van der Waals surface area contributed by atoms with E-state index in [0.717, 1.165) is 11.4 Å². The number of carbonyl (C=O) groups excluding carboxylic acids is 3. The number of carbonyl (C=O) groups is 3. The summed E-state index contributed by atoms with van der Waals surface area (Å²) in [5.74, 6) is -0.311. The van der Waals surface area contributed by atoms with E-state index in [9.17, 15) is 18.8 Å². The van der Waals surface area contributed by atoms with Crippen LogP contribution >= 0.6 is 0 Å². The van der Waals surface area contributed by atoms with Crippen LogP contribution in [0, 0.1) is 19.7 Å². The van der Waals surface area contributed by atoms with E-state index in [0.29, 0.717) is 35.8 Å². The normalized spacial score (nSPS) is 14.4. The van der Waals surface area contributed by atoms with E-state index in [1.807, 2.05) is 42.7 Å². The van der Waals surface area contributed by atoms with Crippen LogP contribution in [0.15, 0.2) is 54.6 Å². The molecule has 1 aromatic heterocycles. The third kappa shape index (κ3) is 5.77. The molecule has 0 N–H and O–H groups in total. The Labute approximate surface area is 202 Å². The Bertz CT molecular complexity index is 1250. The van der Waals surface area contributed by atoms with Gasteiger partial charge in [0.2, 0.25) is 5.78 Å². The Morgan fingerprint density at radius 1 is 1.00 bits per heavy atom. The van der Waals surface area contributed by atoms with Gasteiger partial charge in [-0.1, -0.05) is 12.1 Å². The zero-order valence-corrected chi connectivity index (χ0v) is 19.6. The molecule has 0 spiro atoms. The summed E-state index contributed by atoms with van der Waals surface area (Å²) in [6, 6.07) is 14.4. The Hall–Kier alpha value is -3.94. The highest BCUT2D eigenvalue weighted by atomic mass is 19.1. The molecule has 8 heteroatoms. The van der Waals surface area contributed by atoms with Crippen molar-refractivity contribution >= 4 is 17.5 Å². The molecule has 1 aliphatic rings. The number of ketones is 2. The zero-order valence-electron chi connectivity index (χ0n) is 19.6. The van der Waals surface area contributed by atoms with Gasteiger partial charge in [-0.3, -0.25) is 14.4 Å². The highest BCUT2D eigenvalue weighted by Gasteiger charge is 2.24. The van der Waals surface area contributed by atoms with Crippen LogP contribution in [0.25, 0.3) is 0 Å². The number of aromatic nitrogens is 1. The number of hydrogen-bond acceptors (Lipinski definition) is 6. The van der Waals surface area contributed by atoms with Crippen LogP contribution < -0.4 is 9.47 Å². The average molecular weight is 480 g/mol. The summed E-state index contributed by atoms with van der Waals surface area (Å²) in [6.45, 7) is 4.22. The molecule has 0 fully saturated rings. The Balaban J connectivity index is 1.29. The van der Waals surface area contributed by atoms with Gasteiger partial charge in [-0.25, -0.2) is 4.39 Å². The van der Waals surface area contributed by atoms with Crippen molar-refractivity contribution in [1.82, 2.24) is 4.57 Å². The number of Topliss-reactive ketones (excluding diaryl/α,β-unsaturated/α-hetero) is 2. The second kappa shape index (κ2) is 10.5. The fourth-order valence-corrected chi connectivity index (χ4v) is 4.01. The van der Waals surface area contributed by atoms with Gasteiger partial charge in [0.05, 0.1) is 13.0 Å². The van der Waals surface area contributed by atoms with Crippen LogP contribution in [-0.4, -0.2) is 41.4 Å². The predicted octanol–water partition coefficient (Wildman–Crippen LogP) is 4.47. The molecule has 0 saturated heterocycles. The van der Waals surface area contributed by atoms with Gasteiger partial charge in [0.15, 0.2) is 30.0 Å². The van der Waals surface area contributed by atoms with Gasteiger partial charge in [-0.2, -0.15) is 0 Å². The van der Waals surface area contributed by atoms with Gasteiger partial charge >= 0.3 is 5.97 Å². The molecule has 2 heterocycles. The van der Waals surface area contributed by atoms with Crippen LogP contribution in [0.3, 0.4) is 0 Å². The van der Waals surface area contributed by atoms with Crippen LogP contribution in [0.2, 0.25) is 0 Å². The Morgan fingerprint density at radius 2 is 1.71 bits per heavy atom. The van der Waals surface area contributed by atoms with Gasteiger partial charge in [0.1, 0.15) is 12.4 Å². The van der Waals surface area contributed by atoms with Crippen LogP contribution in [-0.2, 0) is 16.1 Å². The first kappa shape index (κ1) is 24.2. The van der Waals surface area contributed by atoms with Crippen molar-refractivity contribution in [1.29, 1.82) is 0 Å². The second-order valence-electron chi connectivity index (χ2n) is 8.41. The summed E-state index contributed by atoms with van der Waals surface area (Å²) in [5.41, 5.74) is 2.41. The number of esters is 1. The quantitative estimate of drug-likeness (QED) is 0.333. The zero-order chi connectivity index (χ0) is 24.9. The van der Waals surface area contributed by atoms with E-state index in [2.05, 4.69) is 0 Å². The van der Waals surface area contributed by atoms with Gasteiger partial charge in [-0.15, -0.1) is 0 Å². The van der Waals surface area contributed by atoms with Crippen molar-refractivity contribution in [3.63, 3.8) is 0 Å². The number of nitrogens with zero attached hydrogens (tertiary/aromatic N) is 1. The average Bonchev–Trinajstić information content (AvgIpc) is 3.14. The fraction of sp³-hybridized carbons (Fsp3) is 0.296. The molecule has 0 bridgehead atoms. The monoisotopic (exact) mass is 479 g/mol. The molecule has 0 saturated carbocycles. The standard InChI is InChI=1S/C27H26FNO6/c1-17-13-22(18(2)29(17)14-21-15-33-25-5-3-4-6-26(25)35-21)24(31)16-34-27(32)12-11-23(30)19-7-9-20(28)10-8-19/h3-10,13,21H,11-12,14-16H2,1-2H3. The molecule has 1 aliphatic heterocycles. The first-order valence-corrected chi connectivity index (χ1v) is 11.3. The van der Waals surface area contributed by atoms with Gasteiger partial charge in [-0.05, 0) is 56.3 Å². The van der Waals surface area contributed by atoms with Crippen molar-refractivity contribution in [3.8, 4) is 11.5 Å². The number of rotatable bonds is 9. The van der Waals surface area contributed by atoms with Gasteiger partial charge in [0.25, 0.3) is 0 Å². The number of ether oxygens (including phenoxy) is 3. The Morgan fingerprint density at radius 3 is 2.46 bits per heavy atom. The van der Waals surface area contributed by atoms with E-state index in [4.69, 9.17) is 14.2 Å². The summed E-state index contributed by atoms with van der Waals surface area (Å²) < 4.78 is 31.9. The molecular weight excluding hydrogens is 453 g/mol. The van der Waals surface area contributed by atoms with Crippen LogP contribution in [0.1, 0.15) is 44.9 Å². The highest BCUT2D eigenvalue weighted by molar-refractivity contribution is 6.00. The summed E-state index contributed by atoms with van der Waals surface area (Å²) in [7, 11) is 0. The molecule has 7 nitrogen and oxygen atoms in total. The van der Waals surface area contributed by atoms with Crippen molar-refractivity contribution in [2.75, 3.05) is 13.2 Å². The predicted molar refractivity (Wildman–Crippen MR) is 126 cm³/mol. The number of para-hydroxylation sites is 2. The number of hydrogen-bond donors (Lipinski definition) is 0. The van der Waals surface area contributed by atoms with Gasteiger partial charge < -0.3 is 18.8 Å². The van der Waals surface area contributed by atoms with Crippen molar-refractivity contribution in [2.45, 2.75) is 39.3 Å². The fourth-order valence-electron chi connectivity index (χ4n) is 4.01. The highest BCUT2D eigenvalue weighted by Crippen LogP contribution is 2.31. The molecule has 1 unspecified atom stereocenters. The van der Waals surface area contributed by atoms with E-state index >= 15 is 0 Å². The second-order valence-corrected chi connectivity index (χ2v) is 8.41. The van der Waals surface area contributed by atoms with Crippen LogP contribution in [0.5, 0.6) is 11.5 Å². The molecule has 4 rings (SSSR count). The topological polar surface area (TPSA) is 83.8 Å². The molecule has 35 heavy (non-hydrogen) atoms. The van der Waals surface area contributed by atoms with E-state index in [1.54, 1.807) is 6.07 Å². The molecule has 0 radical (unpaired) electrons. The van der Waals surface area contributed by atoms with Gasteiger partial charge in [0, 0.05) is 28.9 Å². The number of benzene rings is 2. The number of halogens is 1. The van der Waals surface area contributed by atoms with Crippen molar-refractivity contribution in [2.24, 2.45) is 0 Å². The maximum absolute atomic E-state index is 13.0. The third-order valence-corrected chi connectivity index (χ3v) is 5.91. The van der Waals surface area contributed by atoms with E-state index < -0.39 is 18.4 Å². The first-order chi connectivity index (χ1) is 16.8. The SMILES string of the molecule is Cc1cc(C(=O)COC(=O)CCC(=O)c2ccc(F)cc2)c(C)n1CC1COc2ccccc2O1. The molecule has 0 aliphatic carbocycles. The minimum Gasteiger partial charge on any atom is -0.486 e. The molecule has 1 atom stereocenters. The maximum Gasteiger partial charge on any atom is 0.306 e. The summed E-state index contributed by atoms with van der Waals surface area (Å²) in [6.07, 6.45) is -0.461. The van der Waals surface area contributed by atoms with Crippen molar-refractivity contribution in [3.05, 3.63) is 82.9 Å². The summed E-state index contributed by atoms with van der Waals surface area (Å²) in [4.78, 5) is 36.9. The van der Waals surface area contributed by atoms with E-state index in [-0.39, 0.29) is 30.5 Å². The van der Waals surface area contributed by atoms with Crippen LogP contribution in [0.4, 0.5) is 4.39 Å². The summed E-state index contributed by atoms with van der Waals surface area (Å²) >= 11 is 0. The number of aryl methyl sites for hydroxylation is 1. The minimum absolute atomic E-state index is 0.0836. The molecule has 0 amide bonds. The third-order valence-electron chi connectivity index (χ3n) is 5.91. The summed E-state index contributed by atoms with van der Waals surface area (Å²) in [5, 5.41) is 0. The maximum atomic E-state index is 13.0. The lowest BCUT2D eigenvalue weighted by Crippen LogP contribution is -2.33. The smallest absolute Gasteiger partial charge is 0.306 e. The molecule has 3 aromatic rings. The molecule has 182 valence electrons. The number of fused-ring (bicyclic) bond motifs is 1. The Kier molecular flexibility index (Phi) is 7.29. The van der Waals surface area contributed by atoms with E-state index in [1.165, 1.54) is 24.3 Å². The largest absolute Gasteiger partial charge is 0.486 e. The minimum atomic E-state index is -0.644. The van der Waals surface area contributed by atoms with Crippen molar-refractivity contribution < 1.29 is 33.0 Å². The molecular formula is C27H26FNO6. The lowest BCUT2D eigenvalue weighted by molar-refractivity contribution is -0.142. The molecule has 2 aromatic carbocycles. The first-order valence-electron chi connectivity index (χ1n) is 11.3.